The Morgan fingerprint density at radius 2 is 2.40 bits per heavy atom. The van der Waals surface area contributed by atoms with Gasteiger partial charge in [-0.3, -0.25) is 0 Å². The Balaban J connectivity index is 2.41. The van der Waals surface area contributed by atoms with E-state index in [0.29, 0.717) is 5.92 Å². The van der Waals surface area contributed by atoms with Crippen LogP contribution in [0.4, 0.5) is 0 Å². The lowest BCUT2D eigenvalue weighted by molar-refractivity contribution is 0.850. The van der Waals surface area contributed by atoms with Gasteiger partial charge in [0.05, 0.1) is 11.9 Å². The summed E-state index contributed by atoms with van der Waals surface area (Å²) < 4.78 is 0. The summed E-state index contributed by atoms with van der Waals surface area (Å²) in [5.41, 5.74) is 0.494. The van der Waals surface area contributed by atoms with E-state index in [4.69, 9.17) is 0 Å². The fourth-order valence-electron chi connectivity index (χ4n) is 0.901. The minimum Gasteiger partial charge on any atom is -0.244 e. The second-order valence-corrected chi connectivity index (χ2v) is 2.49. The third kappa shape index (κ3) is 0.920. The molecule has 1 heterocycles. The zero-order valence-electron chi connectivity index (χ0n) is 5.37. The molecule has 1 fully saturated rings. The predicted molar refractivity (Wildman–Crippen MR) is 34.6 cm³/mol. The Morgan fingerprint density at radius 1 is 1.60 bits per heavy atom. The standard InChI is InChI=1S/C6H7N3O/c10-6-8-5(3-7-9-6)4-1-2-4/h3-4H,1-2H2,(H,8,9,10). The molecule has 1 N–H and O–H groups in total. The van der Waals surface area contributed by atoms with E-state index >= 15 is 0 Å². The summed E-state index contributed by atoms with van der Waals surface area (Å²) in [5.74, 6) is 0.509. The van der Waals surface area contributed by atoms with Gasteiger partial charge in [0.15, 0.2) is 0 Å². The van der Waals surface area contributed by atoms with E-state index in [1.807, 2.05) is 0 Å². The normalized spacial score (nSPS) is 17.2. The van der Waals surface area contributed by atoms with Gasteiger partial charge in [-0.1, -0.05) is 0 Å². The fraction of sp³-hybridized carbons (Fsp3) is 0.500. The van der Waals surface area contributed by atoms with Gasteiger partial charge in [-0.2, -0.15) is 10.1 Å². The highest BCUT2D eigenvalue weighted by molar-refractivity contribution is 5.08. The molecule has 2 rings (SSSR count). The highest BCUT2D eigenvalue weighted by atomic mass is 16.1. The Morgan fingerprint density at radius 3 is 3.00 bits per heavy atom. The monoisotopic (exact) mass is 137 g/mol. The Hall–Kier alpha value is -1.19. The number of hydrogen-bond donors (Lipinski definition) is 1. The largest absolute Gasteiger partial charge is 0.361 e. The summed E-state index contributed by atoms with van der Waals surface area (Å²) in [6.45, 7) is 0. The third-order valence-electron chi connectivity index (χ3n) is 1.58. The van der Waals surface area contributed by atoms with Gasteiger partial charge < -0.3 is 0 Å². The zero-order valence-corrected chi connectivity index (χ0v) is 5.37. The maximum Gasteiger partial charge on any atom is 0.361 e. The molecule has 0 atom stereocenters. The second kappa shape index (κ2) is 1.90. The highest BCUT2D eigenvalue weighted by Gasteiger charge is 2.25. The van der Waals surface area contributed by atoms with Crippen LogP contribution in [0.25, 0.3) is 0 Å². The van der Waals surface area contributed by atoms with Gasteiger partial charge in [0.25, 0.3) is 0 Å². The van der Waals surface area contributed by atoms with Crippen molar-refractivity contribution in [2.24, 2.45) is 0 Å². The molecule has 1 saturated carbocycles. The minimum atomic E-state index is -0.343. The summed E-state index contributed by atoms with van der Waals surface area (Å²) in [6, 6.07) is 0. The average molecular weight is 137 g/mol. The lowest BCUT2D eigenvalue weighted by Crippen LogP contribution is -2.13. The second-order valence-electron chi connectivity index (χ2n) is 2.49. The van der Waals surface area contributed by atoms with Crippen LogP contribution in [0.5, 0.6) is 0 Å². The molecule has 0 amide bonds. The van der Waals surface area contributed by atoms with Crippen LogP contribution >= 0.6 is 0 Å². The molecule has 0 spiro atoms. The van der Waals surface area contributed by atoms with Crippen LogP contribution in [-0.2, 0) is 0 Å². The lowest BCUT2D eigenvalue weighted by atomic mass is 10.3. The van der Waals surface area contributed by atoms with E-state index in [0.717, 1.165) is 18.5 Å². The van der Waals surface area contributed by atoms with Crippen LogP contribution in [-0.4, -0.2) is 15.2 Å². The molecule has 4 nitrogen and oxygen atoms in total. The van der Waals surface area contributed by atoms with Crippen LogP contribution < -0.4 is 5.69 Å². The van der Waals surface area contributed by atoms with E-state index in [-0.39, 0.29) is 5.69 Å². The molecule has 1 aliphatic rings. The third-order valence-corrected chi connectivity index (χ3v) is 1.58. The van der Waals surface area contributed by atoms with Crippen LogP contribution in [0.3, 0.4) is 0 Å². The molecule has 52 valence electrons. The molecule has 0 unspecified atom stereocenters. The van der Waals surface area contributed by atoms with E-state index in [9.17, 15) is 4.79 Å². The summed E-state index contributed by atoms with van der Waals surface area (Å²) in [4.78, 5) is 14.4. The minimum absolute atomic E-state index is 0.343. The molecule has 4 heteroatoms. The first-order chi connectivity index (χ1) is 4.86. The SMILES string of the molecule is O=c1nc(C2CC2)cn[nH]1. The lowest BCUT2D eigenvalue weighted by Gasteiger charge is -1.89. The molecule has 1 aromatic rings. The molecule has 0 radical (unpaired) electrons. The molecule has 0 aliphatic heterocycles. The molecular formula is C6H7N3O. The number of H-pyrrole nitrogens is 1. The molecular weight excluding hydrogens is 130 g/mol. The predicted octanol–water partition coefficient (Wildman–Crippen LogP) is 0.0423. The highest BCUT2D eigenvalue weighted by Crippen LogP contribution is 2.37. The van der Waals surface area contributed by atoms with Crippen molar-refractivity contribution in [3.8, 4) is 0 Å². The Kier molecular flexibility index (Phi) is 1.06. The number of nitrogens with zero attached hydrogens (tertiary/aromatic N) is 2. The van der Waals surface area contributed by atoms with Crippen molar-refractivity contribution in [1.82, 2.24) is 15.2 Å². The van der Waals surface area contributed by atoms with Gasteiger partial charge in [-0.15, -0.1) is 0 Å². The topological polar surface area (TPSA) is 58.6 Å². The number of aromatic amines is 1. The molecule has 0 saturated heterocycles. The smallest absolute Gasteiger partial charge is 0.244 e. The Labute approximate surface area is 57.3 Å². The van der Waals surface area contributed by atoms with Crippen molar-refractivity contribution >= 4 is 0 Å². The van der Waals surface area contributed by atoms with E-state index in [2.05, 4.69) is 15.2 Å². The fourth-order valence-corrected chi connectivity index (χ4v) is 0.901. The average Bonchev–Trinajstić information content (AvgIpc) is 2.68. The van der Waals surface area contributed by atoms with Gasteiger partial charge in [0.2, 0.25) is 0 Å². The van der Waals surface area contributed by atoms with Crippen LogP contribution in [0.2, 0.25) is 0 Å². The first kappa shape index (κ1) is 5.58. The number of aromatic nitrogens is 3. The molecule has 0 aromatic carbocycles. The summed E-state index contributed by atoms with van der Waals surface area (Å²) in [7, 11) is 0. The van der Waals surface area contributed by atoms with Crippen molar-refractivity contribution < 1.29 is 0 Å². The molecule has 10 heavy (non-hydrogen) atoms. The van der Waals surface area contributed by atoms with Crippen molar-refractivity contribution in [3.05, 3.63) is 22.4 Å². The van der Waals surface area contributed by atoms with Gasteiger partial charge in [0, 0.05) is 5.92 Å². The Bertz CT molecular complexity index is 289. The summed E-state index contributed by atoms with van der Waals surface area (Å²) in [6.07, 6.45) is 3.93. The van der Waals surface area contributed by atoms with Crippen LogP contribution in [0.15, 0.2) is 11.0 Å². The van der Waals surface area contributed by atoms with Gasteiger partial charge in [0.1, 0.15) is 0 Å². The van der Waals surface area contributed by atoms with Crippen LogP contribution in [0.1, 0.15) is 24.5 Å². The summed E-state index contributed by atoms with van der Waals surface area (Å²) in [5, 5.41) is 5.88. The molecule has 1 aromatic heterocycles. The van der Waals surface area contributed by atoms with E-state index in [1.54, 1.807) is 6.20 Å². The summed E-state index contributed by atoms with van der Waals surface area (Å²) >= 11 is 0. The molecule has 0 bridgehead atoms. The van der Waals surface area contributed by atoms with Gasteiger partial charge in [-0.25, -0.2) is 9.89 Å². The van der Waals surface area contributed by atoms with Crippen molar-refractivity contribution in [1.29, 1.82) is 0 Å². The van der Waals surface area contributed by atoms with E-state index < -0.39 is 0 Å². The van der Waals surface area contributed by atoms with Crippen molar-refractivity contribution in [2.75, 3.05) is 0 Å². The quantitative estimate of drug-likeness (QED) is 0.594. The number of rotatable bonds is 1. The van der Waals surface area contributed by atoms with Gasteiger partial charge in [-0.05, 0) is 12.8 Å². The van der Waals surface area contributed by atoms with E-state index in [1.165, 1.54) is 0 Å². The van der Waals surface area contributed by atoms with Gasteiger partial charge >= 0.3 is 5.69 Å². The molecule has 1 aliphatic carbocycles. The zero-order chi connectivity index (χ0) is 6.97. The first-order valence-electron chi connectivity index (χ1n) is 3.28. The van der Waals surface area contributed by atoms with Crippen LogP contribution in [0, 0.1) is 0 Å². The van der Waals surface area contributed by atoms with Crippen molar-refractivity contribution in [3.63, 3.8) is 0 Å². The maximum absolute atomic E-state index is 10.6. The first-order valence-corrected chi connectivity index (χ1v) is 3.28. The number of hydrogen-bond acceptors (Lipinski definition) is 3. The van der Waals surface area contributed by atoms with Crippen molar-refractivity contribution in [2.45, 2.75) is 18.8 Å². The number of nitrogens with one attached hydrogen (secondary N) is 1. The maximum atomic E-state index is 10.6.